The molecule has 3 aromatic rings. The van der Waals surface area contributed by atoms with E-state index in [0.717, 1.165) is 16.5 Å². The van der Waals surface area contributed by atoms with Crippen molar-refractivity contribution in [3.05, 3.63) is 64.8 Å². The lowest BCUT2D eigenvalue weighted by atomic mass is 9.95. The summed E-state index contributed by atoms with van der Waals surface area (Å²) in [5.41, 5.74) is 2.89. The number of carbonyl (C=O) groups excluding carboxylic acids is 5. The van der Waals surface area contributed by atoms with Crippen molar-refractivity contribution in [2.45, 2.75) is 59.0 Å². The van der Waals surface area contributed by atoms with Crippen molar-refractivity contribution in [1.82, 2.24) is 20.9 Å². The molecule has 2 heterocycles. The van der Waals surface area contributed by atoms with Crippen LogP contribution in [0.15, 0.2) is 42.5 Å². The van der Waals surface area contributed by atoms with Crippen LogP contribution in [0.3, 0.4) is 0 Å². The van der Waals surface area contributed by atoms with E-state index in [4.69, 9.17) is 14.2 Å². The van der Waals surface area contributed by atoms with E-state index >= 15 is 0 Å². The van der Waals surface area contributed by atoms with Crippen LogP contribution in [0, 0.1) is 25.7 Å². The number of carbonyl (C=O) groups is 5. The SMILES string of the molecule is COc1cccc2[nH]c(C(=O)N[C@@H](CC(C)C)C(=O)N[C@@H](C[C@@H]3CCNC3=O)C(=O)COCOC(=O)c3c(C)cccc3C)cc12. The lowest BCUT2D eigenvalue weighted by molar-refractivity contribution is -0.134. The number of aryl methyl sites for hydroxylation is 2. The quantitative estimate of drug-likeness (QED) is 0.112. The molecule has 3 atom stereocenters. The van der Waals surface area contributed by atoms with Gasteiger partial charge in [0.25, 0.3) is 5.91 Å². The molecule has 46 heavy (non-hydrogen) atoms. The third-order valence-corrected chi connectivity index (χ3v) is 8.01. The Morgan fingerprint density at radius 3 is 2.37 bits per heavy atom. The number of aromatic amines is 1. The number of hydrogen-bond acceptors (Lipinski definition) is 8. The molecule has 0 spiro atoms. The molecule has 1 aliphatic rings. The summed E-state index contributed by atoms with van der Waals surface area (Å²) in [5, 5.41) is 9.03. The van der Waals surface area contributed by atoms with E-state index < -0.39 is 55.0 Å². The molecule has 0 unspecified atom stereocenters. The van der Waals surface area contributed by atoms with E-state index in [9.17, 15) is 24.0 Å². The van der Waals surface area contributed by atoms with Crippen LogP contribution in [0.4, 0.5) is 0 Å². The Labute approximate surface area is 267 Å². The smallest absolute Gasteiger partial charge is 0.340 e. The van der Waals surface area contributed by atoms with Gasteiger partial charge in [0.2, 0.25) is 11.8 Å². The zero-order valence-electron chi connectivity index (χ0n) is 26.9. The minimum absolute atomic E-state index is 0.0310. The number of Topliss-reactive ketones (excluding diaryl/α,β-unsaturated/α-hetero) is 1. The third-order valence-electron chi connectivity index (χ3n) is 8.01. The normalized spacial score (nSPS) is 15.7. The number of benzene rings is 2. The lowest BCUT2D eigenvalue weighted by Gasteiger charge is -2.25. The molecule has 4 rings (SSSR count). The summed E-state index contributed by atoms with van der Waals surface area (Å²) in [7, 11) is 1.54. The Hall–Kier alpha value is -4.71. The van der Waals surface area contributed by atoms with Crippen molar-refractivity contribution in [1.29, 1.82) is 0 Å². The van der Waals surface area contributed by atoms with Crippen LogP contribution in [0.1, 0.15) is 65.1 Å². The van der Waals surface area contributed by atoms with Gasteiger partial charge in [0.1, 0.15) is 24.1 Å². The van der Waals surface area contributed by atoms with Gasteiger partial charge < -0.3 is 35.1 Å². The molecule has 12 heteroatoms. The van der Waals surface area contributed by atoms with Crippen molar-refractivity contribution in [3.8, 4) is 5.75 Å². The molecular weight excluding hydrogens is 592 g/mol. The lowest BCUT2D eigenvalue weighted by Crippen LogP contribution is -2.53. The maximum atomic E-state index is 13.6. The summed E-state index contributed by atoms with van der Waals surface area (Å²) >= 11 is 0. The highest BCUT2D eigenvalue weighted by atomic mass is 16.7. The second-order valence-electron chi connectivity index (χ2n) is 12.0. The number of hydrogen-bond donors (Lipinski definition) is 4. The summed E-state index contributed by atoms with van der Waals surface area (Å²) in [6.07, 6.45) is 0.881. The number of aromatic nitrogens is 1. The van der Waals surface area contributed by atoms with Gasteiger partial charge in [-0.3, -0.25) is 19.2 Å². The van der Waals surface area contributed by atoms with Gasteiger partial charge in [0, 0.05) is 23.4 Å². The molecule has 0 saturated carbocycles. The van der Waals surface area contributed by atoms with E-state index in [0.29, 0.717) is 36.2 Å². The number of ether oxygens (including phenoxy) is 3. The fourth-order valence-corrected chi connectivity index (χ4v) is 5.61. The maximum Gasteiger partial charge on any atom is 0.340 e. The number of methoxy groups -OCH3 is 1. The first-order valence-corrected chi connectivity index (χ1v) is 15.4. The summed E-state index contributed by atoms with van der Waals surface area (Å²) in [6.45, 7) is 6.98. The second-order valence-corrected chi connectivity index (χ2v) is 12.0. The van der Waals surface area contributed by atoms with Crippen LogP contribution in [-0.2, 0) is 23.9 Å². The fourth-order valence-electron chi connectivity index (χ4n) is 5.61. The Balaban J connectivity index is 1.42. The number of amides is 3. The number of nitrogens with one attached hydrogen (secondary N) is 4. The van der Waals surface area contributed by atoms with Gasteiger partial charge >= 0.3 is 5.97 Å². The highest BCUT2D eigenvalue weighted by Crippen LogP contribution is 2.26. The maximum absolute atomic E-state index is 13.6. The number of ketones is 1. The van der Waals surface area contributed by atoms with E-state index in [1.165, 1.54) is 0 Å². The Morgan fingerprint density at radius 2 is 1.72 bits per heavy atom. The highest BCUT2D eigenvalue weighted by Gasteiger charge is 2.33. The van der Waals surface area contributed by atoms with E-state index in [-0.39, 0.29) is 23.9 Å². The molecule has 12 nitrogen and oxygen atoms in total. The van der Waals surface area contributed by atoms with E-state index in [1.54, 1.807) is 51.3 Å². The van der Waals surface area contributed by atoms with Crippen molar-refractivity contribution >= 4 is 40.4 Å². The second kappa shape index (κ2) is 15.5. The van der Waals surface area contributed by atoms with E-state index in [1.807, 2.05) is 26.0 Å². The fraction of sp³-hybridized carbons (Fsp3) is 0.441. The van der Waals surface area contributed by atoms with E-state index in [2.05, 4.69) is 20.9 Å². The molecule has 246 valence electrons. The first-order chi connectivity index (χ1) is 22.0. The van der Waals surface area contributed by atoms with Crippen molar-refractivity contribution in [2.75, 3.05) is 27.1 Å². The molecule has 4 N–H and O–H groups in total. The zero-order valence-corrected chi connectivity index (χ0v) is 26.9. The minimum atomic E-state index is -1.07. The molecule has 1 saturated heterocycles. The highest BCUT2D eigenvalue weighted by molar-refractivity contribution is 6.02. The molecule has 1 fully saturated rings. The molecule has 1 aliphatic heterocycles. The van der Waals surface area contributed by atoms with Crippen molar-refractivity contribution in [3.63, 3.8) is 0 Å². The Kier molecular flexibility index (Phi) is 11.5. The van der Waals surface area contributed by atoms with Gasteiger partial charge in [-0.2, -0.15) is 0 Å². The summed E-state index contributed by atoms with van der Waals surface area (Å²) in [5.74, 6) is -2.16. The number of H-pyrrole nitrogens is 1. The number of fused-ring (bicyclic) bond motifs is 1. The number of rotatable bonds is 15. The topological polar surface area (TPSA) is 165 Å². The van der Waals surface area contributed by atoms with Crippen LogP contribution in [0.5, 0.6) is 5.75 Å². The standard InChI is InChI=1S/C34H42N4O8/c1-19(2)14-26(38-33(42)27-16-23-24(36-27)10-7-11-29(23)44-5)32(41)37-25(15-22-12-13-35-31(22)40)28(39)17-45-18-46-34(43)30-20(3)8-6-9-21(30)4/h6-11,16,19,22,25-26,36H,12-15,17-18H2,1-5H3,(H,35,40)(H,37,41)(H,38,42)/t22-,25-,26-/m0/s1. The van der Waals surface area contributed by atoms with Crippen molar-refractivity contribution in [2.24, 2.45) is 11.8 Å². The molecular formula is C34H42N4O8. The van der Waals surface area contributed by atoms with Gasteiger partial charge in [-0.05, 0) is 68.4 Å². The minimum Gasteiger partial charge on any atom is -0.496 e. The number of esters is 1. The van der Waals surface area contributed by atoms with Gasteiger partial charge in [-0.25, -0.2) is 4.79 Å². The van der Waals surface area contributed by atoms with Gasteiger partial charge in [0.05, 0.1) is 18.7 Å². The molecule has 0 radical (unpaired) electrons. The molecule has 3 amide bonds. The molecule has 1 aromatic heterocycles. The van der Waals surface area contributed by atoms with Gasteiger partial charge in [-0.1, -0.05) is 38.1 Å². The molecule has 0 aliphatic carbocycles. The molecule has 2 aromatic carbocycles. The van der Waals surface area contributed by atoms with Crippen LogP contribution in [0.25, 0.3) is 10.9 Å². The van der Waals surface area contributed by atoms with Crippen molar-refractivity contribution < 1.29 is 38.2 Å². The summed E-state index contributed by atoms with van der Waals surface area (Å²) in [6, 6.07) is 10.5. The summed E-state index contributed by atoms with van der Waals surface area (Å²) in [4.78, 5) is 68.2. The van der Waals surface area contributed by atoms with Crippen LogP contribution >= 0.6 is 0 Å². The van der Waals surface area contributed by atoms with Crippen LogP contribution in [-0.4, -0.2) is 73.6 Å². The monoisotopic (exact) mass is 634 g/mol. The largest absolute Gasteiger partial charge is 0.496 e. The predicted molar refractivity (Wildman–Crippen MR) is 170 cm³/mol. The first kappa shape index (κ1) is 34.2. The van der Waals surface area contributed by atoms with Gasteiger partial charge in [0.15, 0.2) is 12.6 Å². The first-order valence-electron chi connectivity index (χ1n) is 15.4. The molecule has 0 bridgehead atoms. The summed E-state index contributed by atoms with van der Waals surface area (Å²) < 4.78 is 16.0. The Morgan fingerprint density at radius 1 is 1.00 bits per heavy atom. The van der Waals surface area contributed by atoms with Crippen LogP contribution < -0.4 is 20.7 Å². The average molecular weight is 635 g/mol. The predicted octanol–water partition coefficient (Wildman–Crippen LogP) is 3.35. The van der Waals surface area contributed by atoms with Crippen LogP contribution in [0.2, 0.25) is 0 Å². The zero-order chi connectivity index (χ0) is 33.4. The Bertz CT molecular complexity index is 1580. The van der Waals surface area contributed by atoms with Gasteiger partial charge in [-0.15, -0.1) is 0 Å². The average Bonchev–Trinajstić information content (AvgIpc) is 3.64. The third kappa shape index (κ3) is 8.51.